The lowest BCUT2D eigenvalue weighted by Gasteiger charge is -2.34. The van der Waals surface area contributed by atoms with Crippen molar-refractivity contribution in [3.63, 3.8) is 0 Å². The lowest BCUT2D eigenvalue weighted by atomic mass is 9.92. The molecule has 1 fully saturated rings. The zero-order valence-electron chi connectivity index (χ0n) is 9.37. The van der Waals surface area contributed by atoms with Crippen LogP contribution in [-0.4, -0.2) is 18.0 Å². The number of thiophene rings is 1. The highest BCUT2D eigenvalue weighted by Crippen LogP contribution is 2.27. The van der Waals surface area contributed by atoms with Crippen LogP contribution in [0.25, 0.3) is 0 Å². The summed E-state index contributed by atoms with van der Waals surface area (Å²) in [6, 6.07) is 2.15. The molecule has 0 saturated carbocycles. The van der Waals surface area contributed by atoms with Crippen LogP contribution < -0.4 is 0 Å². The summed E-state index contributed by atoms with van der Waals surface area (Å²) in [6.07, 6.45) is 1.39. The number of rotatable bonds is 2. The number of halogens is 1. The minimum atomic E-state index is 0.854. The van der Waals surface area contributed by atoms with E-state index in [2.05, 4.69) is 46.1 Å². The predicted molar refractivity (Wildman–Crippen MR) is 70.2 cm³/mol. The topological polar surface area (TPSA) is 3.24 Å². The minimum Gasteiger partial charge on any atom is -0.298 e. The van der Waals surface area contributed by atoms with Gasteiger partial charge in [0.1, 0.15) is 0 Å². The third-order valence-electron chi connectivity index (χ3n) is 3.00. The predicted octanol–water partition coefficient (Wildman–Crippen LogP) is 3.99. The molecule has 0 radical (unpaired) electrons. The molecule has 1 aliphatic rings. The van der Waals surface area contributed by atoms with Gasteiger partial charge in [-0.25, -0.2) is 0 Å². The Morgan fingerprint density at radius 3 is 2.60 bits per heavy atom. The number of nitrogens with zero attached hydrogens (tertiary/aromatic N) is 1. The van der Waals surface area contributed by atoms with Crippen LogP contribution in [0.4, 0.5) is 0 Å². The van der Waals surface area contributed by atoms with Gasteiger partial charge in [-0.2, -0.15) is 0 Å². The first kappa shape index (κ1) is 11.6. The third-order valence-corrected chi connectivity index (χ3v) is 4.91. The van der Waals surface area contributed by atoms with E-state index in [0.29, 0.717) is 0 Å². The SMILES string of the molecule is CC1CC(C)CN(Cc2sccc2Br)C1. The zero-order chi connectivity index (χ0) is 10.8. The van der Waals surface area contributed by atoms with Crippen LogP contribution in [0.5, 0.6) is 0 Å². The molecule has 84 valence electrons. The molecule has 0 bridgehead atoms. The van der Waals surface area contributed by atoms with Crippen LogP contribution >= 0.6 is 27.3 Å². The quantitative estimate of drug-likeness (QED) is 0.795. The maximum Gasteiger partial charge on any atom is 0.0339 e. The second-order valence-electron chi connectivity index (χ2n) is 4.83. The van der Waals surface area contributed by atoms with Crippen molar-refractivity contribution in [3.05, 3.63) is 20.8 Å². The van der Waals surface area contributed by atoms with Gasteiger partial charge in [-0.05, 0) is 45.6 Å². The van der Waals surface area contributed by atoms with Crippen LogP contribution in [0, 0.1) is 11.8 Å². The van der Waals surface area contributed by atoms with Crippen molar-refractivity contribution in [3.8, 4) is 0 Å². The first-order chi connectivity index (χ1) is 7.15. The van der Waals surface area contributed by atoms with Crippen molar-refractivity contribution in [1.82, 2.24) is 4.90 Å². The van der Waals surface area contributed by atoms with Crippen molar-refractivity contribution >= 4 is 27.3 Å². The van der Waals surface area contributed by atoms with Crippen LogP contribution in [0.3, 0.4) is 0 Å². The molecular formula is C12H18BrNS. The Labute approximate surface area is 105 Å². The van der Waals surface area contributed by atoms with Gasteiger partial charge in [-0.15, -0.1) is 11.3 Å². The van der Waals surface area contributed by atoms with E-state index in [1.165, 1.54) is 28.9 Å². The fraction of sp³-hybridized carbons (Fsp3) is 0.667. The van der Waals surface area contributed by atoms with Crippen molar-refractivity contribution in [1.29, 1.82) is 0 Å². The van der Waals surface area contributed by atoms with Crippen molar-refractivity contribution < 1.29 is 0 Å². The van der Waals surface area contributed by atoms with Gasteiger partial charge in [0.05, 0.1) is 0 Å². The largest absolute Gasteiger partial charge is 0.298 e. The van der Waals surface area contributed by atoms with Gasteiger partial charge in [0.15, 0.2) is 0 Å². The average Bonchev–Trinajstić information content (AvgIpc) is 2.50. The molecule has 0 spiro atoms. The number of piperidine rings is 1. The number of hydrogen-bond acceptors (Lipinski definition) is 2. The molecule has 2 atom stereocenters. The molecule has 2 heterocycles. The molecule has 1 aromatic heterocycles. The van der Waals surface area contributed by atoms with E-state index >= 15 is 0 Å². The first-order valence-electron chi connectivity index (χ1n) is 5.59. The summed E-state index contributed by atoms with van der Waals surface area (Å²) in [5.74, 6) is 1.71. The summed E-state index contributed by atoms with van der Waals surface area (Å²) in [5, 5.41) is 2.16. The lowest BCUT2D eigenvalue weighted by molar-refractivity contribution is 0.135. The Bertz CT molecular complexity index is 313. The Kier molecular flexibility index (Phi) is 3.86. The van der Waals surface area contributed by atoms with Crippen LogP contribution in [0.1, 0.15) is 25.1 Å². The second-order valence-corrected chi connectivity index (χ2v) is 6.69. The maximum absolute atomic E-state index is 3.61. The monoisotopic (exact) mass is 287 g/mol. The number of hydrogen-bond donors (Lipinski definition) is 0. The Morgan fingerprint density at radius 1 is 1.40 bits per heavy atom. The molecule has 0 aliphatic carbocycles. The number of likely N-dealkylation sites (tertiary alicyclic amines) is 1. The Balaban J connectivity index is 1.97. The summed E-state index contributed by atoms with van der Waals surface area (Å²) in [6.45, 7) is 8.37. The summed E-state index contributed by atoms with van der Waals surface area (Å²) < 4.78 is 1.28. The van der Waals surface area contributed by atoms with Crippen molar-refractivity contribution in [2.24, 2.45) is 11.8 Å². The third kappa shape index (κ3) is 3.05. The smallest absolute Gasteiger partial charge is 0.0339 e. The molecule has 2 rings (SSSR count). The van der Waals surface area contributed by atoms with Crippen molar-refractivity contribution in [2.75, 3.05) is 13.1 Å². The molecule has 1 aromatic rings. The van der Waals surface area contributed by atoms with E-state index in [1.54, 1.807) is 0 Å². The molecule has 0 amide bonds. The molecule has 1 aliphatic heterocycles. The highest BCUT2D eigenvalue weighted by molar-refractivity contribution is 9.10. The van der Waals surface area contributed by atoms with Gasteiger partial charge in [0.25, 0.3) is 0 Å². The summed E-state index contributed by atoms with van der Waals surface area (Å²) in [7, 11) is 0. The van der Waals surface area contributed by atoms with Gasteiger partial charge < -0.3 is 0 Å². The molecule has 0 N–H and O–H groups in total. The van der Waals surface area contributed by atoms with Crippen LogP contribution in [0.15, 0.2) is 15.9 Å². The van der Waals surface area contributed by atoms with Gasteiger partial charge >= 0.3 is 0 Å². The van der Waals surface area contributed by atoms with E-state index in [-0.39, 0.29) is 0 Å². The molecule has 2 unspecified atom stereocenters. The minimum absolute atomic E-state index is 0.854. The standard InChI is InChI=1S/C12H18BrNS/c1-9-5-10(2)7-14(6-9)8-12-11(13)3-4-15-12/h3-4,9-10H,5-8H2,1-2H3. The Morgan fingerprint density at radius 2 is 2.07 bits per heavy atom. The van der Waals surface area contributed by atoms with E-state index in [4.69, 9.17) is 0 Å². The molecule has 0 aromatic carbocycles. The molecule has 1 nitrogen and oxygen atoms in total. The normalized spacial score (nSPS) is 28.2. The molecular weight excluding hydrogens is 270 g/mol. The van der Waals surface area contributed by atoms with E-state index in [9.17, 15) is 0 Å². The zero-order valence-corrected chi connectivity index (χ0v) is 11.8. The van der Waals surface area contributed by atoms with Gasteiger partial charge in [0, 0.05) is 29.0 Å². The van der Waals surface area contributed by atoms with Crippen LogP contribution in [0.2, 0.25) is 0 Å². The fourth-order valence-electron chi connectivity index (χ4n) is 2.56. The van der Waals surface area contributed by atoms with Crippen LogP contribution in [-0.2, 0) is 6.54 Å². The second kappa shape index (κ2) is 4.98. The summed E-state index contributed by atoms with van der Waals surface area (Å²) in [5.41, 5.74) is 0. The fourth-order valence-corrected chi connectivity index (χ4v) is 4.08. The van der Waals surface area contributed by atoms with Gasteiger partial charge in [0.2, 0.25) is 0 Å². The summed E-state index contributed by atoms with van der Waals surface area (Å²) in [4.78, 5) is 4.06. The van der Waals surface area contributed by atoms with E-state index < -0.39 is 0 Å². The van der Waals surface area contributed by atoms with Gasteiger partial charge in [-0.1, -0.05) is 13.8 Å². The molecule has 3 heteroatoms. The first-order valence-corrected chi connectivity index (χ1v) is 7.26. The highest BCUT2D eigenvalue weighted by atomic mass is 79.9. The van der Waals surface area contributed by atoms with E-state index in [1.807, 2.05) is 11.3 Å². The molecule has 1 saturated heterocycles. The van der Waals surface area contributed by atoms with E-state index in [0.717, 1.165) is 18.4 Å². The summed E-state index contributed by atoms with van der Waals surface area (Å²) >= 11 is 5.46. The maximum atomic E-state index is 3.61. The average molecular weight is 288 g/mol. The Hall–Kier alpha value is 0.140. The highest BCUT2D eigenvalue weighted by Gasteiger charge is 2.22. The van der Waals surface area contributed by atoms with Crippen molar-refractivity contribution in [2.45, 2.75) is 26.8 Å². The molecule has 15 heavy (non-hydrogen) atoms. The lowest BCUT2D eigenvalue weighted by Crippen LogP contribution is -2.37. The van der Waals surface area contributed by atoms with Gasteiger partial charge in [-0.3, -0.25) is 4.90 Å².